The topological polar surface area (TPSA) is 51.4 Å². The van der Waals surface area contributed by atoms with E-state index >= 15 is 0 Å². The lowest BCUT2D eigenvalue weighted by atomic mass is 10.3. The third-order valence-electron chi connectivity index (χ3n) is 2.94. The third kappa shape index (κ3) is 2.10. The molecule has 96 valence electrons. The number of hydrogen-bond acceptors (Lipinski definition) is 3. The molecule has 1 N–H and O–H groups in total. The highest BCUT2D eigenvalue weighted by atomic mass is 32.1. The van der Waals surface area contributed by atoms with Crippen molar-refractivity contribution in [3.05, 3.63) is 47.5 Å². The van der Waals surface area contributed by atoms with Gasteiger partial charge in [-0.1, -0.05) is 18.2 Å². The van der Waals surface area contributed by atoms with E-state index in [9.17, 15) is 0 Å². The Labute approximate surface area is 115 Å². The second-order valence-corrected chi connectivity index (χ2v) is 4.49. The van der Waals surface area contributed by atoms with E-state index in [-0.39, 0.29) is 0 Å². The highest BCUT2D eigenvalue weighted by Gasteiger charge is 2.10. The lowest BCUT2D eigenvalue weighted by Crippen LogP contribution is -1.97. The zero-order chi connectivity index (χ0) is 13.2. The van der Waals surface area contributed by atoms with Crippen molar-refractivity contribution in [1.29, 1.82) is 0 Å². The minimum atomic E-state index is 0.630. The van der Waals surface area contributed by atoms with Crippen LogP contribution < -0.4 is 0 Å². The smallest absolute Gasteiger partial charge is 0.195 e. The summed E-state index contributed by atoms with van der Waals surface area (Å²) in [6.07, 6.45) is 3.75. The quantitative estimate of drug-likeness (QED) is 0.745. The highest BCUT2D eigenvalue weighted by Crippen LogP contribution is 2.18. The average Bonchev–Trinajstić information content (AvgIpc) is 3.06. The Bertz CT molecular complexity index is 738. The number of rotatable bonds is 3. The van der Waals surface area contributed by atoms with E-state index in [0.29, 0.717) is 4.77 Å². The van der Waals surface area contributed by atoms with Crippen LogP contribution in [0.1, 0.15) is 6.92 Å². The van der Waals surface area contributed by atoms with Gasteiger partial charge in [0.1, 0.15) is 0 Å². The molecule has 0 fully saturated rings. The van der Waals surface area contributed by atoms with Gasteiger partial charge < -0.3 is 4.57 Å². The van der Waals surface area contributed by atoms with E-state index in [4.69, 9.17) is 12.2 Å². The fourth-order valence-corrected chi connectivity index (χ4v) is 2.25. The van der Waals surface area contributed by atoms with Crippen LogP contribution >= 0.6 is 12.2 Å². The van der Waals surface area contributed by atoms with E-state index in [2.05, 4.69) is 15.3 Å². The van der Waals surface area contributed by atoms with Crippen molar-refractivity contribution in [2.45, 2.75) is 13.5 Å². The van der Waals surface area contributed by atoms with E-state index in [1.807, 2.05) is 52.7 Å². The van der Waals surface area contributed by atoms with Crippen LogP contribution in [0.3, 0.4) is 0 Å². The van der Waals surface area contributed by atoms with Gasteiger partial charge in [-0.25, -0.2) is 4.68 Å². The van der Waals surface area contributed by atoms with Gasteiger partial charge in [0, 0.05) is 12.7 Å². The summed E-state index contributed by atoms with van der Waals surface area (Å²) < 4.78 is 4.40. The second kappa shape index (κ2) is 4.81. The van der Waals surface area contributed by atoms with E-state index in [1.54, 1.807) is 6.20 Å². The SMILES string of the molecule is CCn1c(-c2cnn(-c3ccccc3)c2)n[nH]c1=S. The molecule has 6 heteroatoms. The van der Waals surface area contributed by atoms with Crippen molar-refractivity contribution in [2.75, 3.05) is 0 Å². The van der Waals surface area contributed by atoms with Crippen molar-refractivity contribution < 1.29 is 0 Å². The number of nitrogens with zero attached hydrogens (tertiary/aromatic N) is 4. The number of benzene rings is 1. The summed E-state index contributed by atoms with van der Waals surface area (Å²) in [7, 11) is 0. The molecule has 1 aromatic carbocycles. The average molecular weight is 271 g/mol. The Balaban J connectivity index is 2.04. The molecular formula is C13H13N5S. The van der Waals surface area contributed by atoms with Crippen LogP contribution in [0.5, 0.6) is 0 Å². The maximum absolute atomic E-state index is 5.19. The first-order chi connectivity index (χ1) is 9.29. The van der Waals surface area contributed by atoms with Gasteiger partial charge >= 0.3 is 0 Å². The largest absolute Gasteiger partial charge is 0.300 e. The van der Waals surface area contributed by atoms with Crippen molar-refractivity contribution >= 4 is 12.2 Å². The Kier molecular flexibility index (Phi) is 3.00. The van der Waals surface area contributed by atoms with Gasteiger partial charge in [-0.2, -0.15) is 10.2 Å². The molecule has 0 aliphatic carbocycles. The molecule has 19 heavy (non-hydrogen) atoms. The molecule has 0 saturated carbocycles. The molecule has 0 spiro atoms. The molecule has 0 atom stereocenters. The molecule has 3 aromatic rings. The van der Waals surface area contributed by atoms with Gasteiger partial charge in [0.15, 0.2) is 10.6 Å². The van der Waals surface area contributed by atoms with E-state index < -0.39 is 0 Å². The number of aromatic nitrogens is 5. The molecule has 0 aliphatic heterocycles. The number of hydrogen-bond donors (Lipinski definition) is 1. The monoisotopic (exact) mass is 271 g/mol. The Morgan fingerprint density at radius 1 is 1.26 bits per heavy atom. The van der Waals surface area contributed by atoms with Crippen molar-refractivity contribution in [2.24, 2.45) is 0 Å². The molecule has 2 heterocycles. The summed E-state index contributed by atoms with van der Waals surface area (Å²) in [5.74, 6) is 0.815. The predicted molar refractivity (Wildman–Crippen MR) is 75.6 cm³/mol. The molecule has 3 rings (SSSR count). The van der Waals surface area contributed by atoms with Crippen LogP contribution in [0.25, 0.3) is 17.1 Å². The van der Waals surface area contributed by atoms with E-state index in [1.165, 1.54) is 0 Å². The zero-order valence-electron chi connectivity index (χ0n) is 10.4. The predicted octanol–water partition coefficient (Wildman–Crippen LogP) is 2.81. The number of para-hydroxylation sites is 1. The van der Waals surface area contributed by atoms with Crippen LogP contribution in [0.15, 0.2) is 42.7 Å². The second-order valence-electron chi connectivity index (χ2n) is 4.11. The Morgan fingerprint density at radius 2 is 2.05 bits per heavy atom. The van der Waals surface area contributed by atoms with Crippen LogP contribution in [0.2, 0.25) is 0 Å². The Hall–Kier alpha value is -2.21. The number of nitrogens with one attached hydrogen (secondary N) is 1. The van der Waals surface area contributed by atoms with Gasteiger partial charge in [0.05, 0.1) is 17.4 Å². The maximum atomic E-state index is 5.19. The minimum absolute atomic E-state index is 0.630. The summed E-state index contributed by atoms with van der Waals surface area (Å²) in [5, 5.41) is 11.4. The molecule has 0 unspecified atom stereocenters. The molecular weight excluding hydrogens is 258 g/mol. The summed E-state index contributed by atoms with van der Waals surface area (Å²) in [6.45, 7) is 2.82. The molecule has 0 aliphatic rings. The number of aromatic amines is 1. The molecule has 0 amide bonds. The molecule has 0 saturated heterocycles. The van der Waals surface area contributed by atoms with Gasteiger partial charge in [-0.3, -0.25) is 5.10 Å². The van der Waals surface area contributed by atoms with Crippen LogP contribution in [0, 0.1) is 4.77 Å². The number of H-pyrrole nitrogens is 1. The zero-order valence-corrected chi connectivity index (χ0v) is 11.3. The highest BCUT2D eigenvalue weighted by molar-refractivity contribution is 7.71. The van der Waals surface area contributed by atoms with E-state index in [0.717, 1.165) is 23.6 Å². The minimum Gasteiger partial charge on any atom is -0.300 e. The van der Waals surface area contributed by atoms with Crippen LogP contribution in [-0.2, 0) is 6.54 Å². The summed E-state index contributed by atoms with van der Waals surface area (Å²) in [6, 6.07) is 9.97. The first kappa shape index (κ1) is 11.9. The normalized spacial score (nSPS) is 10.8. The molecule has 2 aromatic heterocycles. The molecule has 0 bridgehead atoms. The first-order valence-corrected chi connectivity index (χ1v) is 6.46. The maximum Gasteiger partial charge on any atom is 0.195 e. The van der Waals surface area contributed by atoms with Crippen molar-refractivity contribution in [1.82, 2.24) is 24.5 Å². The summed E-state index contributed by atoms with van der Waals surface area (Å²) in [5.41, 5.74) is 1.96. The van der Waals surface area contributed by atoms with Gasteiger partial charge in [-0.15, -0.1) is 0 Å². The fraction of sp³-hybridized carbons (Fsp3) is 0.154. The summed E-state index contributed by atoms with van der Waals surface area (Å²) in [4.78, 5) is 0. The first-order valence-electron chi connectivity index (χ1n) is 6.05. The standard InChI is InChI=1S/C13H13N5S/c1-2-17-12(15-16-13(17)19)10-8-14-18(9-10)11-6-4-3-5-7-11/h3-9H,2H2,1H3,(H,16,19). The fourth-order valence-electron chi connectivity index (χ4n) is 1.99. The third-order valence-corrected chi connectivity index (χ3v) is 3.25. The lowest BCUT2D eigenvalue weighted by molar-refractivity contribution is 0.755. The van der Waals surface area contributed by atoms with Gasteiger partial charge in [0.2, 0.25) is 0 Å². The molecule has 5 nitrogen and oxygen atoms in total. The van der Waals surface area contributed by atoms with Crippen LogP contribution in [0.4, 0.5) is 0 Å². The lowest BCUT2D eigenvalue weighted by Gasteiger charge is -2.00. The van der Waals surface area contributed by atoms with Crippen LogP contribution in [-0.4, -0.2) is 24.5 Å². The Morgan fingerprint density at radius 3 is 2.79 bits per heavy atom. The van der Waals surface area contributed by atoms with Crippen molar-refractivity contribution in [3.8, 4) is 17.1 Å². The summed E-state index contributed by atoms with van der Waals surface area (Å²) >= 11 is 5.19. The molecule has 0 radical (unpaired) electrons. The van der Waals surface area contributed by atoms with Gasteiger partial charge in [0.25, 0.3) is 0 Å². The van der Waals surface area contributed by atoms with Crippen molar-refractivity contribution in [3.63, 3.8) is 0 Å². The van der Waals surface area contributed by atoms with Gasteiger partial charge in [-0.05, 0) is 31.3 Å².